The molecule has 1 saturated heterocycles. The number of hydrogen-bond acceptors (Lipinski definition) is 4. The molecule has 2 aromatic rings. The lowest BCUT2D eigenvalue weighted by atomic mass is 9.86. The topological polar surface area (TPSA) is 86.8 Å². The SMILES string of the molecule is Cc1ccccc1CNC(=O)CN1C(=O)C(C)(C)c2cc(S(=O)(=O)N3CCC[C@H](C)C3)ccc21. The Bertz CT molecular complexity index is 1220. The summed E-state index contributed by atoms with van der Waals surface area (Å²) in [5.74, 6) is -0.154. The van der Waals surface area contributed by atoms with Crippen molar-refractivity contribution in [2.45, 2.75) is 57.4 Å². The number of benzene rings is 2. The first-order valence-corrected chi connectivity index (χ1v) is 13.2. The number of hydrogen-bond donors (Lipinski definition) is 1. The predicted octanol–water partition coefficient (Wildman–Crippen LogP) is 3.36. The Labute approximate surface area is 202 Å². The van der Waals surface area contributed by atoms with Crippen molar-refractivity contribution in [2.75, 3.05) is 24.5 Å². The van der Waals surface area contributed by atoms with E-state index < -0.39 is 15.4 Å². The van der Waals surface area contributed by atoms with Crippen molar-refractivity contribution in [3.63, 3.8) is 0 Å². The molecule has 0 spiro atoms. The van der Waals surface area contributed by atoms with E-state index in [0.29, 0.717) is 36.8 Å². The van der Waals surface area contributed by atoms with Gasteiger partial charge in [-0.15, -0.1) is 0 Å². The maximum Gasteiger partial charge on any atom is 0.243 e. The van der Waals surface area contributed by atoms with Crippen LogP contribution >= 0.6 is 0 Å². The summed E-state index contributed by atoms with van der Waals surface area (Å²) in [5, 5.41) is 2.89. The predicted molar refractivity (Wildman–Crippen MR) is 132 cm³/mol. The van der Waals surface area contributed by atoms with E-state index in [0.717, 1.165) is 24.0 Å². The van der Waals surface area contributed by atoms with Gasteiger partial charge in [-0.1, -0.05) is 31.2 Å². The summed E-state index contributed by atoms with van der Waals surface area (Å²) >= 11 is 0. The van der Waals surface area contributed by atoms with Crippen LogP contribution in [-0.4, -0.2) is 44.2 Å². The van der Waals surface area contributed by atoms with E-state index in [2.05, 4.69) is 12.2 Å². The van der Waals surface area contributed by atoms with Crippen molar-refractivity contribution in [3.8, 4) is 0 Å². The summed E-state index contributed by atoms with van der Waals surface area (Å²) in [7, 11) is -3.64. The maximum atomic E-state index is 13.3. The molecule has 2 amide bonds. The minimum atomic E-state index is -3.64. The smallest absolute Gasteiger partial charge is 0.243 e. The first-order valence-electron chi connectivity index (χ1n) is 11.8. The molecule has 0 saturated carbocycles. The highest BCUT2D eigenvalue weighted by Gasteiger charge is 2.45. The highest BCUT2D eigenvalue weighted by Crippen LogP contribution is 2.43. The lowest BCUT2D eigenvalue weighted by molar-refractivity contribution is -0.125. The second kappa shape index (κ2) is 9.15. The number of carbonyl (C=O) groups excluding carboxylic acids is 2. The second-order valence-electron chi connectivity index (χ2n) is 10.0. The molecule has 0 radical (unpaired) electrons. The number of amides is 2. The standard InChI is InChI=1S/C26H33N3O4S/c1-18-8-7-13-28(16-18)34(32,33)21-11-12-23-22(14-21)26(3,4)25(31)29(23)17-24(30)27-15-20-10-6-5-9-19(20)2/h5-6,9-12,14,18H,7-8,13,15-17H2,1-4H3,(H,27,30)/t18-/m0/s1. The highest BCUT2D eigenvalue weighted by atomic mass is 32.2. The average Bonchev–Trinajstić information content (AvgIpc) is 2.99. The van der Waals surface area contributed by atoms with Crippen LogP contribution in [-0.2, 0) is 31.6 Å². The molecule has 1 N–H and O–H groups in total. The van der Waals surface area contributed by atoms with Crippen molar-refractivity contribution < 1.29 is 18.0 Å². The average molecular weight is 484 g/mol. The Balaban J connectivity index is 1.55. The second-order valence-corrected chi connectivity index (χ2v) is 11.9. The first-order chi connectivity index (χ1) is 16.0. The van der Waals surface area contributed by atoms with E-state index in [4.69, 9.17) is 0 Å². The van der Waals surface area contributed by atoms with Crippen LogP contribution in [0.5, 0.6) is 0 Å². The molecule has 7 nitrogen and oxygen atoms in total. The van der Waals surface area contributed by atoms with Gasteiger partial charge in [0.05, 0.1) is 10.3 Å². The van der Waals surface area contributed by atoms with E-state index in [9.17, 15) is 18.0 Å². The number of rotatable bonds is 6. The van der Waals surface area contributed by atoms with Crippen LogP contribution in [0.3, 0.4) is 0 Å². The van der Waals surface area contributed by atoms with Crippen molar-refractivity contribution in [1.82, 2.24) is 9.62 Å². The molecule has 0 bridgehead atoms. The summed E-state index contributed by atoms with van der Waals surface area (Å²) < 4.78 is 28.1. The van der Waals surface area contributed by atoms with E-state index in [1.54, 1.807) is 36.4 Å². The Morgan fingerprint density at radius 1 is 1.18 bits per heavy atom. The van der Waals surface area contributed by atoms with Crippen molar-refractivity contribution in [3.05, 3.63) is 59.2 Å². The Hall–Kier alpha value is -2.71. The van der Waals surface area contributed by atoms with E-state index in [1.165, 1.54) is 4.90 Å². The Morgan fingerprint density at radius 3 is 2.62 bits per heavy atom. The van der Waals surface area contributed by atoms with Gasteiger partial charge in [-0.25, -0.2) is 8.42 Å². The number of nitrogens with one attached hydrogen (secondary N) is 1. The van der Waals surface area contributed by atoms with Gasteiger partial charge in [0.15, 0.2) is 0 Å². The third-order valence-corrected chi connectivity index (χ3v) is 8.87. The molecule has 0 aromatic heterocycles. The highest BCUT2D eigenvalue weighted by molar-refractivity contribution is 7.89. The third-order valence-electron chi connectivity index (χ3n) is 7.01. The monoisotopic (exact) mass is 483 g/mol. The molecule has 2 aliphatic rings. The summed E-state index contributed by atoms with van der Waals surface area (Å²) in [4.78, 5) is 27.6. The van der Waals surface area contributed by atoms with Crippen LogP contribution < -0.4 is 10.2 Å². The van der Waals surface area contributed by atoms with Crippen molar-refractivity contribution >= 4 is 27.5 Å². The van der Waals surface area contributed by atoms with E-state index in [-0.39, 0.29) is 23.3 Å². The zero-order valence-electron chi connectivity index (χ0n) is 20.3. The molecule has 4 rings (SSSR count). The zero-order chi connectivity index (χ0) is 24.7. The Kier molecular flexibility index (Phi) is 6.57. The fourth-order valence-electron chi connectivity index (χ4n) is 4.85. The quantitative estimate of drug-likeness (QED) is 0.683. The lowest BCUT2D eigenvalue weighted by Crippen LogP contribution is -2.42. The van der Waals surface area contributed by atoms with E-state index >= 15 is 0 Å². The molecular formula is C26H33N3O4S. The van der Waals surface area contributed by atoms with Crippen LogP contribution in [0.15, 0.2) is 47.4 Å². The number of anilines is 1. The van der Waals surface area contributed by atoms with Crippen molar-refractivity contribution in [2.24, 2.45) is 5.92 Å². The van der Waals surface area contributed by atoms with Gasteiger partial charge < -0.3 is 10.2 Å². The molecule has 8 heteroatoms. The molecule has 2 heterocycles. The number of piperidine rings is 1. The van der Waals surface area contributed by atoms with Gasteiger partial charge in [0.1, 0.15) is 6.54 Å². The van der Waals surface area contributed by atoms with Gasteiger partial charge in [0.2, 0.25) is 21.8 Å². The van der Waals surface area contributed by atoms with Crippen LogP contribution in [0.2, 0.25) is 0 Å². The van der Waals surface area contributed by atoms with Gasteiger partial charge >= 0.3 is 0 Å². The largest absolute Gasteiger partial charge is 0.350 e. The molecule has 34 heavy (non-hydrogen) atoms. The van der Waals surface area contributed by atoms with Crippen LogP contribution in [0.25, 0.3) is 0 Å². The fourth-order valence-corrected chi connectivity index (χ4v) is 6.47. The molecule has 182 valence electrons. The summed E-state index contributed by atoms with van der Waals surface area (Å²) in [5.41, 5.74) is 2.41. The lowest BCUT2D eigenvalue weighted by Gasteiger charge is -2.30. The van der Waals surface area contributed by atoms with Crippen LogP contribution in [0.1, 0.15) is 50.3 Å². The number of carbonyl (C=O) groups is 2. The molecule has 1 atom stereocenters. The molecule has 1 fully saturated rings. The van der Waals surface area contributed by atoms with Crippen LogP contribution in [0, 0.1) is 12.8 Å². The molecule has 2 aromatic carbocycles. The number of sulfonamides is 1. The van der Waals surface area contributed by atoms with Gasteiger partial charge in [0, 0.05) is 25.3 Å². The van der Waals surface area contributed by atoms with Gasteiger partial charge in [-0.3, -0.25) is 9.59 Å². The summed E-state index contributed by atoms with van der Waals surface area (Å²) in [6.45, 7) is 8.90. The summed E-state index contributed by atoms with van der Waals surface area (Å²) in [6.07, 6.45) is 1.87. The Morgan fingerprint density at radius 2 is 1.91 bits per heavy atom. The maximum absolute atomic E-state index is 13.3. The minimum absolute atomic E-state index is 0.114. The first kappa shape index (κ1) is 24.4. The summed E-state index contributed by atoms with van der Waals surface area (Å²) in [6, 6.07) is 12.7. The zero-order valence-corrected chi connectivity index (χ0v) is 21.1. The van der Waals surface area contributed by atoms with Crippen molar-refractivity contribution in [1.29, 1.82) is 0 Å². The number of nitrogens with zero attached hydrogens (tertiary/aromatic N) is 2. The third kappa shape index (κ3) is 4.49. The molecule has 0 unspecified atom stereocenters. The van der Waals surface area contributed by atoms with Gasteiger partial charge in [-0.2, -0.15) is 4.31 Å². The van der Waals surface area contributed by atoms with Crippen LogP contribution in [0.4, 0.5) is 5.69 Å². The van der Waals surface area contributed by atoms with E-state index in [1.807, 2.05) is 31.2 Å². The molecular weight excluding hydrogens is 450 g/mol. The molecule has 0 aliphatic carbocycles. The number of aryl methyl sites for hydroxylation is 1. The molecule has 2 aliphatic heterocycles. The van der Waals surface area contributed by atoms with Gasteiger partial charge in [0.25, 0.3) is 0 Å². The fraction of sp³-hybridized carbons (Fsp3) is 0.462. The van der Waals surface area contributed by atoms with Gasteiger partial charge in [-0.05, 0) is 74.4 Å². The minimum Gasteiger partial charge on any atom is -0.350 e. The normalized spacial score (nSPS) is 20.3. The number of fused-ring (bicyclic) bond motifs is 1.